The predicted molar refractivity (Wildman–Crippen MR) is 92.1 cm³/mol. The molecule has 2 aromatic rings. The van der Waals surface area contributed by atoms with Crippen molar-refractivity contribution in [1.29, 1.82) is 0 Å². The Kier molecular flexibility index (Phi) is 4.77. The van der Waals surface area contributed by atoms with Gasteiger partial charge in [0.1, 0.15) is 0 Å². The summed E-state index contributed by atoms with van der Waals surface area (Å²) in [5, 5.41) is 4.87. The number of anilines is 1. The summed E-state index contributed by atoms with van der Waals surface area (Å²) in [5.74, 6) is -0.998. The van der Waals surface area contributed by atoms with Gasteiger partial charge < -0.3 is 14.8 Å². The maximum Gasteiger partial charge on any atom is 0.347 e. The molecule has 2 heterocycles. The average molecular weight is 341 g/mol. The maximum absolute atomic E-state index is 12.6. The van der Waals surface area contributed by atoms with Gasteiger partial charge in [0.15, 0.2) is 11.3 Å². The zero-order valence-corrected chi connectivity index (χ0v) is 13.8. The van der Waals surface area contributed by atoms with Crippen LogP contribution in [0.4, 0.5) is 5.69 Å². The number of nitrogens with one attached hydrogen (secondary N) is 1. The first-order valence-corrected chi connectivity index (χ1v) is 8.28. The van der Waals surface area contributed by atoms with Gasteiger partial charge in [-0.05, 0) is 30.5 Å². The average Bonchev–Trinajstić information content (AvgIpc) is 3.18. The molecule has 122 valence electrons. The number of rotatable bonds is 5. The summed E-state index contributed by atoms with van der Waals surface area (Å²) in [7, 11) is 0. The molecule has 0 fully saturated rings. The molecule has 0 atom stereocenters. The molecule has 0 saturated carbocycles. The Bertz CT molecular complexity index is 807. The highest BCUT2D eigenvalue weighted by molar-refractivity contribution is 7.10. The number of ether oxygens (including phenoxy) is 2. The molecule has 1 aliphatic rings. The summed E-state index contributed by atoms with van der Waals surface area (Å²) < 4.78 is 10.6. The minimum atomic E-state index is -0.699. The van der Waals surface area contributed by atoms with Crippen LogP contribution < -0.4 is 5.32 Å². The SMILES string of the molecule is CCOC(=O)C1=C(Nc2ccccc2)O/C(=C\c2cccs2)C1=O. The second kappa shape index (κ2) is 7.14. The highest BCUT2D eigenvalue weighted by Crippen LogP contribution is 2.29. The Balaban J connectivity index is 1.93. The summed E-state index contributed by atoms with van der Waals surface area (Å²) in [6, 6.07) is 12.9. The molecular weight excluding hydrogens is 326 g/mol. The highest BCUT2D eigenvalue weighted by Gasteiger charge is 2.37. The lowest BCUT2D eigenvalue weighted by atomic mass is 10.1. The molecule has 0 radical (unpaired) electrons. The van der Waals surface area contributed by atoms with Crippen molar-refractivity contribution in [3.05, 3.63) is 69.9 Å². The number of hydrogen-bond acceptors (Lipinski definition) is 6. The normalized spacial score (nSPS) is 15.5. The van der Waals surface area contributed by atoms with E-state index in [1.807, 2.05) is 47.8 Å². The van der Waals surface area contributed by atoms with E-state index in [4.69, 9.17) is 9.47 Å². The molecule has 1 aliphatic heterocycles. The van der Waals surface area contributed by atoms with Gasteiger partial charge in [0.25, 0.3) is 0 Å². The number of para-hydroxylation sites is 1. The van der Waals surface area contributed by atoms with Crippen molar-refractivity contribution in [3.8, 4) is 0 Å². The summed E-state index contributed by atoms with van der Waals surface area (Å²) in [5.41, 5.74) is 0.586. The Labute approximate surface area is 143 Å². The van der Waals surface area contributed by atoms with Gasteiger partial charge in [0.2, 0.25) is 11.7 Å². The quantitative estimate of drug-likeness (QED) is 0.512. The molecule has 5 nitrogen and oxygen atoms in total. The largest absolute Gasteiger partial charge is 0.462 e. The molecule has 1 aromatic carbocycles. The number of allylic oxidation sites excluding steroid dienone is 1. The van der Waals surface area contributed by atoms with E-state index in [9.17, 15) is 9.59 Å². The third-order valence-electron chi connectivity index (χ3n) is 3.22. The Morgan fingerprint density at radius 3 is 2.71 bits per heavy atom. The van der Waals surface area contributed by atoms with E-state index in [1.54, 1.807) is 13.0 Å². The first-order chi connectivity index (χ1) is 11.7. The van der Waals surface area contributed by atoms with Crippen LogP contribution in [-0.2, 0) is 19.1 Å². The van der Waals surface area contributed by atoms with Crippen LogP contribution in [-0.4, -0.2) is 18.4 Å². The van der Waals surface area contributed by atoms with Crippen LogP contribution in [0.1, 0.15) is 11.8 Å². The van der Waals surface area contributed by atoms with Gasteiger partial charge in [-0.3, -0.25) is 4.79 Å². The lowest BCUT2D eigenvalue weighted by Gasteiger charge is -2.08. The predicted octanol–water partition coefficient (Wildman–Crippen LogP) is 3.58. The molecule has 0 unspecified atom stereocenters. The zero-order valence-electron chi connectivity index (χ0n) is 12.9. The second-order valence-electron chi connectivity index (χ2n) is 4.87. The second-order valence-corrected chi connectivity index (χ2v) is 5.85. The first-order valence-electron chi connectivity index (χ1n) is 7.40. The van der Waals surface area contributed by atoms with Gasteiger partial charge in [-0.1, -0.05) is 24.3 Å². The van der Waals surface area contributed by atoms with E-state index in [0.29, 0.717) is 5.69 Å². The van der Waals surface area contributed by atoms with Crippen LogP contribution in [0.2, 0.25) is 0 Å². The van der Waals surface area contributed by atoms with Crippen molar-refractivity contribution >= 4 is 34.9 Å². The van der Waals surface area contributed by atoms with E-state index in [0.717, 1.165) is 4.88 Å². The topological polar surface area (TPSA) is 64.6 Å². The maximum atomic E-state index is 12.6. The van der Waals surface area contributed by atoms with Gasteiger partial charge in [-0.15, -0.1) is 11.3 Å². The lowest BCUT2D eigenvalue weighted by molar-refractivity contribution is -0.139. The molecule has 3 rings (SSSR count). The van der Waals surface area contributed by atoms with E-state index in [2.05, 4.69) is 5.32 Å². The monoisotopic (exact) mass is 341 g/mol. The number of carbonyl (C=O) groups excluding carboxylic acids is 2. The number of thiophene rings is 1. The molecule has 1 aromatic heterocycles. The molecule has 1 N–H and O–H groups in total. The van der Waals surface area contributed by atoms with Crippen LogP contribution in [0.5, 0.6) is 0 Å². The molecule has 0 amide bonds. The molecule has 0 saturated heterocycles. The van der Waals surface area contributed by atoms with Crippen LogP contribution in [0.3, 0.4) is 0 Å². The van der Waals surface area contributed by atoms with E-state index < -0.39 is 11.8 Å². The van der Waals surface area contributed by atoms with E-state index >= 15 is 0 Å². The molecular formula is C18H15NO4S. The van der Waals surface area contributed by atoms with Crippen LogP contribution in [0, 0.1) is 0 Å². The van der Waals surface area contributed by atoms with Crippen LogP contribution in [0.25, 0.3) is 6.08 Å². The molecule has 0 bridgehead atoms. The first kappa shape index (κ1) is 16.0. The molecule has 6 heteroatoms. The van der Waals surface area contributed by atoms with Gasteiger partial charge >= 0.3 is 5.97 Å². The van der Waals surface area contributed by atoms with E-state index in [-0.39, 0.29) is 23.8 Å². The number of Topliss-reactive ketones (excluding diaryl/α,β-unsaturated/α-hetero) is 1. The Morgan fingerprint density at radius 2 is 2.04 bits per heavy atom. The minimum absolute atomic E-state index is 0.0902. The van der Waals surface area contributed by atoms with Crippen molar-refractivity contribution in [2.24, 2.45) is 0 Å². The fourth-order valence-electron chi connectivity index (χ4n) is 2.16. The third kappa shape index (κ3) is 3.38. The number of esters is 1. The van der Waals surface area contributed by atoms with E-state index in [1.165, 1.54) is 11.3 Å². The number of benzene rings is 1. The fourth-order valence-corrected chi connectivity index (χ4v) is 2.81. The van der Waals surface area contributed by atoms with Crippen LogP contribution >= 0.6 is 11.3 Å². The molecule has 0 spiro atoms. The van der Waals surface area contributed by atoms with Gasteiger partial charge in [-0.25, -0.2) is 4.79 Å². The zero-order chi connectivity index (χ0) is 16.9. The van der Waals surface area contributed by atoms with Gasteiger partial charge in [0, 0.05) is 16.6 Å². The Morgan fingerprint density at radius 1 is 1.25 bits per heavy atom. The standard InChI is InChI=1S/C18H15NO4S/c1-2-22-18(21)15-16(20)14(11-13-9-6-10-24-13)23-17(15)19-12-7-4-3-5-8-12/h3-11,19H,2H2,1H3/b14-11-. The number of carbonyl (C=O) groups is 2. The minimum Gasteiger partial charge on any atom is -0.462 e. The summed E-state index contributed by atoms with van der Waals surface area (Å²) in [4.78, 5) is 25.6. The van der Waals surface area contributed by atoms with Crippen molar-refractivity contribution in [3.63, 3.8) is 0 Å². The van der Waals surface area contributed by atoms with Crippen molar-refractivity contribution in [2.75, 3.05) is 11.9 Å². The van der Waals surface area contributed by atoms with Crippen LogP contribution in [0.15, 0.2) is 65.1 Å². The highest BCUT2D eigenvalue weighted by atomic mass is 32.1. The summed E-state index contributed by atoms with van der Waals surface area (Å²) >= 11 is 1.47. The van der Waals surface area contributed by atoms with Gasteiger partial charge in [0.05, 0.1) is 6.61 Å². The number of hydrogen-bond donors (Lipinski definition) is 1. The Hall–Kier alpha value is -2.86. The van der Waals surface area contributed by atoms with Crippen molar-refractivity contribution in [1.82, 2.24) is 0 Å². The number of ketones is 1. The summed E-state index contributed by atoms with van der Waals surface area (Å²) in [6.45, 7) is 1.86. The van der Waals surface area contributed by atoms with Gasteiger partial charge in [-0.2, -0.15) is 0 Å². The third-order valence-corrected chi connectivity index (χ3v) is 4.04. The molecule has 24 heavy (non-hydrogen) atoms. The fraction of sp³-hybridized carbons (Fsp3) is 0.111. The lowest BCUT2D eigenvalue weighted by Crippen LogP contribution is -2.16. The summed E-state index contributed by atoms with van der Waals surface area (Å²) in [6.07, 6.45) is 1.62. The van der Waals surface area contributed by atoms with Crippen molar-refractivity contribution in [2.45, 2.75) is 6.92 Å². The van der Waals surface area contributed by atoms with Crippen molar-refractivity contribution < 1.29 is 19.1 Å². The smallest absolute Gasteiger partial charge is 0.347 e. The molecule has 0 aliphatic carbocycles.